The van der Waals surface area contributed by atoms with Crippen LogP contribution < -0.4 is 10.7 Å². The molecule has 0 saturated carbocycles. The highest BCUT2D eigenvalue weighted by atomic mass is 15.6. The van der Waals surface area contributed by atoms with Crippen molar-refractivity contribution in [2.24, 2.45) is 0 Å². The molecule has 3 aromatic carbocycles. The SMILES string of the molecule is c1ccc(C(c2ccccc2)C2CNCCN2Nc2ncc3ccccc3n2)cc1. The van der Waals surface area contributed by atoms with Gasteiger partial charge in [-0.15, -0.1) is 0 Å². The van der Waals surface area contributed by atoms with Crippen molar-refractivity contribution in [1.29, 1.82) is 0 Å². The highest BCUT2D eigenvalue weighted by Gasteiger charge is 2.32. The minimum Gasteiger partial charge on any atom is -0.314 e. The van der Waals surface area contributed by atoms with Gasteiger partial charge in [-0.05, 0) is 17.2 Å². The summed E-state index contributed by atoms with van der Waals surface area (Å²) in [4.78, 5) is 9.28. The van der Waals surface area contributed by atoms with Crippen LogP contribution in [-0.2, 0) is 0 Å². The molecule has 5 rings (SSSR count). The molecule has 150 valence electrons. The zero-order valence-electron chi connectivity index (χ0n) is 16.8. The number of hydrazine groups is 1. The predicted octanol–water partition coefficient (Wildman–Crippen LogP) is 4.06. The maximum absolute atomic E-state index is 4.72. The van der Waals surface area contributed by atoms with E-state index in [2.05, 4.69) is 81.4 Å². The molecule has 2 N–H and O–H groups in total. The number of aromatic nitrogens is 2. The van der Waals surface area contributed by atoms with Gasteiger partial charge in [0.1, 0.15) is 0 Å². The van der Waals surface area contributed by atoms with Crippen molar-refractivity contribution in [3.63, 3.8) is 0 Å². The number of piperazine rings is 1. The summed E-state index contributed by atoms with van der Waals surface area (Å²) in [5.74, 6) is 0.869. The van der Waals surface area contributed by atoms with Crippen molar-refractivity contribution in [3.05, 3.63) is 102 Å². The Hall–Kier alpha value is -3.28. The van der Waals surface area contributed by atoms with Gasteiger partial charge in [-0.25, -0.2) is 15.0 Å². The Morgan fingerprint density at radius 2 is 1.53 bits per heavy atom. The Labute approximate surface area is 176 Å². The van der Waals surface area contributed by atoms with Crippen LogP contribution >= 0.6 is 0 Å². The maximum Gasteiger partial charge on any atom is 0.238 e. The molecule has 1 aliphatic rings. The summed E-state index contributed by atoms with van der Waals surface area (Å²) in [7, 11) is 0. The molecule has 1 atom stereocenters. The van der Waals surface area contributed by atoms with Crippen LogP contribution in [-0.4, -0.2) is 40.7 Å². The molecule has 1 aromatic heterocycles. The van der Waals surface area contributed by atoms with Crippen LogP contribution in [0.3, 0.4) is 0 Å². The number of rotatable bonds is 5. The van der Waals surface area contributed by atoms with Crippen molar-refractivity contribution < 1.29 is 0 Å². The normalized spacial score (nSPS) is 17.3. The second-order valence-corrected chi connectivity index (χ2v) is 7.63. The molecule has 0 radical (unpaired) electrons. The van der Waals surface area contributed by atoms with Gasteiger partial charge >= 0.3 is 0 Å². The Morgan fingerprint density at radius 3 is 2.27 bits per heavy atom. The number of hydrogen-bond acceptors (Lipinski definition) is 5. The van der Waals surface area contributed by atoms with Gasteiger partial charge in [0.25, 0.3) is 0 Å². The monoisotopic (exact) mass is 395 g/mol. The Morgan fingerprint density at radius 1 is 0.867 bits per heavy atom. The second kappa shape index (κ2) is 8.61. The first-order valence-corrected chi connectivity index (χ1v) is 10.4. The van der Waals surface area contributed by atoms with Crippen molar-refractivity contribution in [2.45, 2.75) is 12.0 Å². The summed E-state index contributed by atoms with van der Waals surface area (Å²) in [6.45, 7) is 2.68. The van der Waals surface area contributed by atoms with Gasteiger partial charge in [-0.1, -0.05) is 78.9 Å². The topological polar surface area (TPSA) is 53.1 Å². The van der Waals surface area contributed by atoms with E-state index in [4.69, 9.17) is 4.98 Å². The average molecular weight is 396 g/mol. The molecule has 2 heterocycles. The molecule has 1 unspecified atom stereocenters. The van der Waals surface area contributed by atoms with E-state index >= 15 is 0 Å². The van der Waals surface area contributed by atoms with Gasteiger partial charge in [-0.2, -0.15) is 0 Å². The molecular formula is C25H25N5. The Kier molecular flexibility index (Phi) is 5.38. The Balaban J connectivity index is 1.49. The zero-order valence-corrected chi connectivity index (χ0v) is 16.8. The van der Waals surface area contributed by atoms with Crippen molar-refractivity contribution in [1.82, 2.24) is 20.3 Å². The van der Waals surface area contributed by atoms with Crippen LogP contribution in [0.2, 0.25) is 0 Å². The molecular weight excluding hydrogens is 370 g/mol. The lowest BCUT2D eigenvalue weighted by molar-refractivity contribution is 0.180. The minimum absolute atomic E-state index is 0.221. The summed E-state index contributed by atoms with van der Waals surface area (Å²) in [5, 5.41) is 6.92. The fourth-order valence-electron chi connectivity index (χ4n) is 4.27. The Bertz CT molecular complexity index is 1060. The summed E-state index contributed by atoms with van der Waals surface area (Å²) >= 11 is 0. The summed E-state index contributed by atoms with van der Waals surface area (Å²) in [6.07, 6.45) is 1.88. The predicted molar refractivity (Wildman–Crippen MR) is 121 cm³/mol. The van der Waals surface area contributed by atoms with E-state index in [1.807, 2.05) is 30.5 Å². The van der Waals surface area contributed by atoms with Gasteiger partial charge < -0.3 is 5.32 Å². The molecule has 0 aliphatic carbocycles. The highest BCUT2D eigenvalue weighted by molar-refractivity contribution is 5.78. The lowest BCUT2D eigenvalue weighted by Gasteiger charge is -2.41. The smallest absolute Gasteiger partial charge is 0.238 e. The fourth-order valence-corrected chi connectivity index (χ4v) is 4.27. The third-order valence-corrected chi connectivity index (χ3v) is 5.72. The summed E-state index contributed by atoms with van der Waals surface area (Å²) < 4.78 is 0. The molecule has 1 fully saturated rings. The van der Waals surface area contributed by atoms with E-state index < -0.39 is 0 Å². The van der Waals surface area contributed by atoms with Gasteiger partial charge in [0, 0.05) is 37.1 Å². The third-order valence-electron chi connectivity index (χ3n) is 5.72. The number of anilines is 1. The van der Waals surface area contributed by atoms with E-state index in [1.54, 1.807) is 0 Å². The van der Waals surface area contributed by atoms with Crippen molar-refractivity contribution >= 4 is 16.9 Å². The standard InChI is InChI=1S/C25H25N5/c1-3-9-19(10-4-1)24(20-11-5-2-6-12-20)23-18-26-15-16-30(23)29-25-27-17-21-13-7-8-14-22(21)28-25/h1-14,17,23-24,26H,15-16,18H2,(H,27,28,29). The largest absolute Gasteiger partial charge is 0.314 e. The molecule has 30 heavy (non-hydrogen) atoms. The zero-order chi connectivity index (χ0) is 20.2. The molecule has 4 aromatic rings. The first kappa shape index (κ1) is 18.7. The molecule has 0 bridgehead atoms. The number of para-hydroxylation sites is 1. The molecule has 0 amide bonds. The summed E-state index contributed by atoms with van der Waals surface area (Å²) in [5.41, 5.74) is 7.08. The first-order chi connectivity index (χ1) is 14.9. The van der Waals surface area contributed by atoms with Crippen LogP contribution in [0, 0.1) is 0 Å². The van der Waals surface area contributed by atoms with Crippen LogP contribution in [0.15, 0.2) is 91.1 Å². The minimum atomic E-state index is 0.221. The number of nitrogens with zero attached hydrogens (tertiary/aromatic N) is 3. The van der Waals surface area contributed by atoms with Gasteiger partial charge in [0.05, 0.1) is 11.6 Å². The van der Waals surface area contributed by atoms with E-state index in [9.17, 15) is 0 Å². The van der Waals surface area contributed by atoms with Gasteiger partial charge in [-0.3, -0.25) is 5.43 Å². The van der Waals surface area contributed by atoms with E-state index in [0.29, 0.717) is 5.95 Å². The fraction of sp³-hybridized carbons (Fsp3) is 0.200. The van der Waals surface area contributed by atoms with Crippen LogP contribution in [0.4, 0.5) is 5.95 Å². The van der Waals surface area contributed by atoms with Crippen LogP contribution in [0.1, 0.15) is 17.0 Å². The number of hydrogen-bond donors (Lipinski definition) is 2. The number of benzene rings is 3. The second-order valence-electron chi connectivity index (χ2n) is 7.63. The average Bonchev–Trinajstić information content (AvgIpc) is 2.82. The summed E-state index contributed by atoms with van der Waals surface area (Å²) in [6, 6.07) is 29.8. The molecule has 5 heteroatoms. The lowest BCUT2D eigenvalue weighted by atomic mass is 9.84. The van der Waals surface area contributed by atoms with Crippen LogP contribution in [0.5, 0.6) is 0 Å². The molecule has 0 spiro atoms. The lowest BCUT2D eigenvalue weighted by Crippen LogP contribution is -2.56. The highest BCUT2D eigenvalue weighted by Crippen LogP contribution is 2.31. The third kappa shape index (κ3) is 3.90. The maximum atomic E-state index is 4.72. The van der Waals surface area contributed by atoms with Crippen LogP contribution in [0.25, 0.3) is 10.9 Å². The molecule has 5 nitrogen and oxygen atoms in total. The van der Waals surface area contributed by atoms with E-state index in [1.165, 1.54) is 11.1 Å². The van der Waals surface area contributed by atoms with Crippen molar-refractivity contribution in [2.75, 3.05) is 25.1 Å². The number of nitrogens with one attached hydrogen (secondary N) is 2. The van der Waals surface area contributed by atoms with E-state index in [-0.39, 0.29) is 12.0 Å². The quantitative estimate of drug-likeness (QED) is 0.534. The molecule has 1 aliphatic heterocycles. The van der Waals surface area contributed by atoms with Gasteiger partial charge in [0.2, 0.25) is 5.95 Å². The molecule has 1 saturated heterocycles. The number of fused-ring (bicyclic) bond motifs is 1. The van der Waals surface area contributed by atoms with E-state index in [0.717, 1.165) is 30.5 Å². The van der Waals surface area contributed by atoms with Crippen molar-refractivity contribution in [3.8, 4) is 0 Å². The van der Waals surface area contributed by atoms with Gasteiger partial charge in [0.15, 0.2) is 0 Å². The first-order valence-electron chi connectivity index (χ1n) is 10.4.